The summed E-state index contributed by atoms with van der Waals surface area (Å²) in [6, 6.07) is 17.2. The van der Waals surface area contributed by atoms with Crippen LogP contribution < -0.4 is 15.0 Å². The van der Waals surface area contributed by atoms with Crippen molar-refractivity contribution in [1.82, 2.24) is 9.66 Å². The van der Waals surface area contributed by atoms with Crippen LogP contribution in [0.25, 0.3) is 10.9 Å². The maximum absolute atomic E-state index is 13.2. The van der Waals surface area contributed by atoms with Gasteiger partial charge in [0.2, 0.25) is 0 Å². The fraction of sp³-hybridized carbons (Fsp3) is 0.192. The van der Waals surface area contributed by atoms with Crippen LogP contribution in [-0.4, -0.2) is 22.5 Å². The second-order valence-electron chi connectivity index (χ2n) is 7.53. The minimum Gasteiger partial charge on any atom is -0.490 e. The van der Waals surface area contributed by atoms with Crippen LogP contribution in [0.4, 0.5) is 0 Å². The summed E-state index contributed by atoms with van der Waals surface area (Å²) >= 11 is 10.7. The average molecular weight is 664 g/mol. The molecule has 6 nitrogen and oxygen atoms in total. The van der Waals surface area contributed by atoms with Crippen LogP contribution in [0.2, 0.25) is 0 Å². The molecule has 0 aliphatic heterocycles. The van der Waals surface area contributed by atoms with Gasteiger partial charge in [0.15, 0.2) is 11.5 Å². The Bertz CT molecular complexity index is 1450. The Hall–Kier alpha value is -2.49. The lowest BCUT2D eigenvalue weighted by Crippen LogP contribution is -2.22. The fourth-order valence-corrected chi connectivity index (χ4v) is 4.78. The van der Waals surface area contributed by atoms with Crippen molar-refractivity contribution in [1.29, 1.82) is 0 Å². The minimum atomic E-state index is -0.229. The average Bonchev–Trinajstić information content (AvgIpc) is 2.87. The van der Waals surface area contributed by atoms with Gasteiger partial charge in [0.05, 0.1) is 28.2 Å². The molecular weight excluding hydrogens is 642 g/mol. The smallest absolute Gasteiger partial charge is 0.282 e. The molecule has 0 atom stereocenters. The number of nitrogens with zero attached hydrogens (tertiary/aromatic N) is 3. The van der Waals surface area contributed by atoms with Gasteiger partial charge >= 0.3 is 0 Å². The zero-order chi connectivity index (χ0) is 24.9. The Morgan fingerprint density at radius 2 is 1.77 bits per heavy atom. The quantitative estimate of drug-likeness (QED) is 0.189. The van der Waals surface area contributed by atoms with E-state index < -0.39 is 0 Å². The molecular formula is C26H22Br3N3O3. The second-order valence-corrected chi connectivity index (χ2v) is 10.0. The summed E-state index contributed by atoms with van der Waals surface area (Å²) in [4.78, 5) is 17.8. The van der Waals surface area contributed by atoms with Gasteiger partial charge in [-0.15, -0.1) is 0 Å². The molecule has 0 saturated carbocycles. The summed E-state index contributed by atoms with van der Waals surface area (Å²) in [7, 11) is 0. The first-order valence-corrected chi connectivity index (χ1v) is 13.4. The van der Waals surface area contributed by atoms with Crippen LogP contribution in [-0.2, 0) is 13.0 Å². The predicted octanol–water partition coefficient (Wildman–Crippen LogP) is 7.11. The van der Waals surface area contributed by atoms with Gasteiger partial charge in [-0.25, -0.2) is 4.98 Å². The van der Waals surface area contributed by atoms with Crippen molar-refractivity contribution in [2.45, 2.75) is 26.9 Å². The Morgan fingerprint density at radius 1 is 1.00 bits per heavy atom. The maximum atomic E-state index is 13.2. The number of hydrogen-bond acceptors (Lipinski definition) is 5. The molecule has 0 radical (unpaired) electrons. The standard InChI is InChI=1S/C26H22Br3N3O3/c1-3-22-31-20-11-10-18(27)13-19(20)26(33)32(22)30-14-17-12-21(34-4-2)25(24(29)23(17)28)35-15-16-8-6-5-7-9-16/h5-14H,3-4,15H2,1-2H3. The lowest BCUT2D eigenvalue weighted by atomic mass is 10.2. The van der Waals surface area contributed by atoms with E-state index in [4.69, 9.17) is 9.47 Å². The Morgan fingerprint density at radius 3 is 2.49 bits per heavy atom. The molecule has 180 valence electrons. The Labute approximate surface area is 228 Å². The molecule has 0 fully saturated rings. The lowest BCUT2D eigenvalue weighted by molar-refractivity contribution is 0.267. The van der Waals surface area contributed by atoms with Crippen LogP contribution >= 0.6 is 47.8 Å². The molecule has 4 aromatic rings. The van der Waals surface area contributed by atoms with Gasteiger partial charge in [0.25, 0.3) is 5.56 Å². The second kappa shape index (κ2) is 11.5. The molecule has 9 heteroatoms. The summed E-state index contributed by atoms with van der Waals surface area (Å²) in [6.45, 7) is 4.72. The first kappa shape index (κ1) is 25.6. The van der Waals surface area contributed by atoms with Crippen molar-refractivity contribution in [3.63, 3.8) is 0 Å². The number of halogens is 3. The van der Waals surface area contributed by atoms with Gasteiger partial charge in [-0.05, 0) is 68.6 Å². The van der Waals surface area contributed by atoms with Crippen molar-refractivity contribution in [2.75, 3.05) is 6.61 Å². The van der Waals surface area contributed by atoms with E-state index in [0.29, 0.717) is 52.3 Å². The molecule has 0 amide bonds. The zero-order valence-electron chi connectivity index (χ0n) is 19.1. The number of aryl methyl sites for hydroxylation is 1. The third-order valence-electron chi connectivity index (χ3n) is 5.19. The monoisotopic (exact) mass is 661 g/mol. The van der Waals surface area contributed by atoms with Crippen molar-refractivity contribution in [2.24, 2.45) is 5.10 Å². The van der Waals surface area contributed by atoms with Crippen LogP contribution in [0, 0.1) is 0 Å². The highest BCUT2D eigenvalue weighted by atomic mass is 79.9. The van der Waals surface area contributed by atoms with Gasteiger partial charge in [-0.1, -0.05) is 53.2 Å². The van der Waals surface area contributed by atoms with Crippen LogP contribution in [0.1, 0.15) is 30.8 Å². The molecule has 0 aliphatic rings. The van der Waals surface area contributed by atoms with Crippen molar-refractivity contribution < 1.29 is 9.47 Å². The fourth-order valence-electron chi connectivity index (χ4n) is 3.49. The van der Waals surface area contributed by atoms with Gasteiger partial charge in [-0.3, -0.25) is 4.79 Å². The van der Waals surface area contributed by atoms with E-state index in [1.807, 2.05) is 62.4 Å². The molecule has 1 aromatic heterocycles. The van der Waals surface area contributed by atoms with Gasteiger partial charge in [0.1, 0.15) is 12.4 Å². The molecule has 1 heterocycles. The van der Waals surface area contributed by atoms with Crippen LogP contribution in [0.5, 0.6) is 11.5 Å². The van der Waals surface area contributed by atoms with E-state index in [1.165, 1.54) is 4.68 Å². The third-order valence-corrected chi connectivity index (χ3v) is 7.82. The van der Waals surface area contributed by atoms with E-state index in [-0.39, 0.29) is 5.56 Å². The maximum Gasteiger partial charge on any atom is 0.282 e. The molecule has 0 unspecified atom stereocenters. The predicted molar refractivity (Wildman–Crippen MR) is 150 cm³/mol. The number of fused-ring (bicyclic) bond motifs is 1. The number of aromatic nitrogens is 2. The molecule has 0 saturated heterocycles. The summed E-state index contributed by atoms with van der Waals surface area (Å²) in [5, 5.41) is 5.00. The zero-order valence-corrected chi connectivity index (χ0v) is 23.9. The van der Waals surface area contributed by atoms with Crippen molar-refractivity contribution in [3.8, 4) is 11.5 Å². The SMILES string of the molecule is CCOc1cc(C=Nn2c(CC)nc3ccc(Br)cc3c2=O)c(Br)c(Br)c1OCc1ccccc1. The summed E-state index contributed by atoms with van der Waals surface area (Å²) in [5.74, 6) is 1.73. The topological polar surface area (TPSA) is 65.7 Å². The van der Waals surface area contributed by atoms with E-state index in [9.17, 15) is 4.79 Å². The molecule has 0 N–H and O–H groups in total. The Balaban J connectivity index is 1.74. The Kier molecular flexibility index (Phi) is 8.41. The normalized spacial score (nSPS) is 11.3. The molecule has 4 rings (SSSR count). The first-order chi connectivity index (χ1) is 16.9. The van der Waals surface area contributed by atoms with Gasteiger partial charge in [0, 0.05) is 20.9 Å². The third kappa shape index (κ3) is 5.68. The summed E-state index contributed by atoms with van der Waals surface area (Å²) in [5.41, 5.74) is 2.18. The highest BCUT2D eigenvalue weighted by Crippen LogP contribution is 2.42. The number of hydrogen-bond donors (Lipinski definition) is 0. The number of rotatable bonds is 8. The first-order valence-electron chi connectivity index (χ1n) is 11.0. The largest absolute Gasteiger partial charge is 0.490 e. The molecule has 3 aromatic carbocycles. The van der Waals surface area contributed by atoms with Crippen LogP contribution in [0.15, 0.2) is 77.9 Å². The van der Waals surface area contributed by atoms with E-state index >= 15 is 0 Å². The van der Waals surface area contributed by atoms with Crippen LogP contribution in [0.3, 0.4) is 0 Å². The number of benzene rings is 3. The van der Waals surface area contributed by atoms with E-state index in [2.05, 4.69) is 57.9 Å². The van der Waals surface area contributed by atoms with E-state index in [0.717, 1.165) is 20.1 Å². The molecule has 35 heavy (non-hydrogen) atoms. The summed E-state index contributed by atoms with van der Waals surface area (Å²) < 4.78 is 15.6. The lowest BCUT2D eigenvalue weighted by Gasteiger charge is -2.16. The highest BCUT2D eigenvalue weighted by Gasteiger charge is 2.18. The number of ether oxygens (including phenoxy) is 2. The van der Waals surface area contributed by atoms with Gasteiger partial charge in [-0.2, -0.15) is 9.78 Å². The highest BCUT2D eigenvalue weighted by molar-refractivity contribution is 9.13. The van der Waals surface area contributed by atoms with Gasteiger partial charge < -0.3 is 9.47 Å². The van der Waals surface area contributed by atoms with Crippen molar-refractivity contribution in [3.05, 3.63) is 95.3 Å². The molecule has 0 spiro atoms. The van der Waals surface area contributed by atoms with Crippen molar-refractivity contribution >= 4 is 64.9 Å². The van der Waals surface area contributed by atoms with E-state index in [1.54, 1.807) is 12.3 Å². The minimum absolute atomic E-state index is 0.229. The molecule has 0 aliphatic carbocycles. The molecule has 0 bridgehead atoms. The summed E-state index contributed by atoms with van der Waals surface area (Å²) in [6.07, 6.45) is 2.17.